The first-order chi connectivity index (χ1) is 8.96. The van der Waals surface area contributed by atoms with E-state index in [0.29, 0.717) is 0 Å². The third-order valence-electron chi connectivity index (χ3n) is 2.92. The Morgan fingerprint density at radius 3 is 1.65 bits per heavy atom. The highest BCUT2D eigenvalue weighted by Gasteiger charge is 2.80. The molecule has 0 atom stereocenters. The summed E-state index contributed by atoms with van der Waals surface area (Å²) < 4.78 is 81.7. The Kier molecular flexibility index (Phi) is 3.82. The van der Waals surface area contributed by atoms with Crippen LogP contribution in [0.3, 0.4) is 0 Å². The van der Waals surface area contributed by atoms with E-state index < -0.39 is 40.1 Å². The first kappa shape index (κ1) is 16.3. The lowest BCUT2D eigenvalue weighted by Gasteiger charge is -2.25. The second-order valence-electron chi connectivity index (χ2n) is 4.23. The molecule has 0 saturated carbocycles. The molecule has 0 saturated heterocycles. The summed E-state index contributed by atoms with van der Waals surface area (Å²) in [7, 11) is 0. The van der Waals surface area contributed by atoms with Gasteiger partial charge in [-0.2, -0.15) is 26.3 Å². The molecular weight excluding hydrogens is 282 g/mol. The lowest BCUT2D eigenvalue weighted by atomic mass is 9.96. The van der Waals surface area contributed by atoms with Gasteiger partial charge in [0.05, 0.1) is 0 Å². The molecule has 0 aromatic rings. The fourth-order valence-corrected chi connectivity index (χ4v) is 1.94. The zero-order valence-electron chi connectivity index (χ0n) is 10.6. The Bertz CT molecular complexity index is 534. The van der Waals surface area contributed by atoms with Crippen molar-refractivity contribution >= 4 is 0 Å². The Labute approximate surface area is 112 Å². The van der Waals surface area contributed by atoms with Gasteiger partial charge in [0, 0.05) is 11.1 Å². The van der Waals surface area contributed by atoms with Gasteiger partial charge in [-0.15, -0.1) is 0 Å². The van der Waals surface area contributed by atoms with Crippen LogP contribution in [-0.2, 0) is 0 Å². The zero-order valence-corrected chi connectivity index (χ0v) is 10.6. The maximum atomic E-state index is 13.7. The van der Waals surface area contributed by atoms with Gasteiger partial charge in [-0.3, -0.25) is 0 Å². The van der Waals surface area contributed by atoms with E-state index in [2.05, 4.69) is 19.7 Å². The maximum Gasteiger partial charge on any atom is 0.380 e. The minimum Gasteiger partial charge on any atom is -0.194 e. The predicted molar refractivity (Wildman–Crippen MR) is 65.2 cm³/mol. The van der Waals surface area contributed by atoms with Crippen molar-refractivity contribution in [1.82, 2.24) is 0 Å². The number of alkyl halides is 6. The molecule has 6 heteroatoms. The monoisotopic (exact) mass is 294 g/mol. The van der Waals surface area contributed by atoms with Crippen LogP contribution in [0.2, 0.25) is 0 Å². The third kappa shape index (κ3) is 1.85. The average molecular weight is 294 g/mol. The van der Waals surface area contributed by atoms with Gasteiger partial charge in [0.1, 0.15) is 0 Å². The largest absolute Gasteiger partial charge is 0.380 e. The van der Waals surface area contributed by atoms with Gasteiger partial charge in [-0.1, -0.05) is 38.0 Å². The van der Waals surface area contributed by atoms with Crippen molar-refractivity contribution in [3.8, 4) is 0 Å². The fraction of sp³-hybridized carbons (Fsp3) is 0.286. The molecule has 1 aliphatic rings. The SMILES string of the molecule is C=CC(=C)C1=C(C(=C)/C=C/C)C(F)(F)C(F)(F)C1(F)F. The Balaban J connectivity index is 3.76. The molecule has 0 nitrogen and oxygen atoms in total. The number of hydrogen-bond donors (Lipinski definition) is 0. The van der Waals surface area contributed by atoms with E-state index >= 15 is 0 Å². The normalized spacial score (nSPS) is 23.1. The minimum absolute atomic E-state index is 0.618. The van der Waals surface area contributed by atoms with Gasteiger partial charge in [-0.05, 0) is 18.1 Å². The quantitative estimate of drug-likeness (QED) is 0.501. The van der Waals surface area contributed by atoms with Crippen LogP contribution in [0.4, 0.5) is 26.3 Å². The summed E-state index contributed by atoms with van der Waals surface area (Å²) in [6, 6.07) is 0. The summed E-state index contributed by atoms with van der Waals surface area (Å²) in [6.07, 6.45) is 2.91. The van der Waals surface area contributed by atoms with Gasteiger partial charge >= 0.3 is 17.8 Å². The minimum atomic E-state index is -5.55. The summed E-state index contributed by atoms with van der Waals surface area (Å²) in [6.45, 7) is 10.8. The predicted octanol–water partition coefficient (Wildman–Crippen LogP) is 5.08. The standard InChI is InChI=1S/C14H12F6/c1-5-7-9(4)11-10(8(3)6-2)12(15,16)14(19,20)13(11,17)18/h5-7H,2-4H2,1H3/b7-5+. The average Bonchev–Trinajstić information content (AvgIpc) is 2.43. The van der Waals surface area contributed by atoms with E-state index in [9.17, 15) is 26.3 Å². The van der Waals surface area contributed by atoms with Gasteiger partial charge in [-0.25, -0.2) is 0 Å². The number of hydrogen-bond acceptors (Lipinski definition) is 0. The van der Waals surface area contributed by atoms with E-state index in [0.717, 1.165) is 12.2 Å². The lowest BCUT2D eigenvalue weighted by Crippen LogP contribution is -2.49. The van der Waals surface area contributed by atoms with Crippen LogP contribution in [0.5, 0.6) is 0 Å². The van der Waals surface area contributed by atoms with Crippen molar-refractivity contribution in [2.24, 2.45) is 0 Å². The number of allylic oxidation sites excluding steroid dienone is 7. The van der Waals surface area contributed by atoms with Crippen molar-refractivity contribution < 1.29 is 26.3 Å². The van der Waals surface area contributed by atoms with E-state index in [1.165, 1.54) is 13.0 Å². The van der Waals surface area contributed by atoms with Crippen molar-refractivity contribution in [3.05, 3.63) is 60.3 Å². The molecule has 0 fully saturated rings. The highest BCUT2D eigenvalue weighted by molar-refractivity contribution is 5.62. The molecule has 0 amide bonds. The van der Waals surface area contributed by atoms with Crippen LogP contribution in [-0.4, -0.2) is 17.8 Å². The van der Waals surface area contributed by atoms with E-state index in [4.69, 9.17) is 0 Å². The van der Waals surface area contributed by atoms with Crippen LogP contribution in [0.1, 0.15) is 6.92 Å². The molecule has 1 aliphatic carbocycles. The molecule has 0 bridgehead atoms. The molecule has 0 unspecified atom stereocenters. The molecule has 0 radical (unpaired) electrons. The molecule has 20 heavy (non-hydrogen) atoms. The Morgan fingerprint density at radius 2 is 1.30 bits per heavy atom. The summed E-state index contributed by atoms with van der Waals surface area (Å²) in [4.78, 5) is 0. The molecule has 0 spiro atoms. The third-order valence-corrected chi connectivity index (χ3v) is 2.92. The molecular formula is C14H12F6. The van der Waals surface area contributed by atoms with Crippen molar-refractivity contribution in [3.63, 3.8) is 0 Å². The molecule has 1 rings (SSSR count). The number of halogens is 6. The second-order valence-corrected chi connectivity index (χ2v) is 4.23. The lowest BCUT2D eigenvalue weighted by molar-refractivity contribution is -0.263. The van der Waals surface area contributed by atoms with Crippen molar-refractivity contribution in [2.75, 3.05) is 0 Å². The van der Waals surface area contributed by atoms with Gasteiger partial charge in [0.25, 0.3) is 0 Å². The molecule has 110 valence electrons. The van der Waals surface area contributed by atoms with Crippen LogP contribution in [0, 0.1) is 0 Å². The topological polar surface area (TPSA) is 0 Å². The molecule has 0 aliphatic heterocycles. The fourth-order valence-electron chi connectivity index (χ4n) is 1.94. The Hall–Kier alpha value is -1.72. The van der Waals surface area contributed by atoms with Gasteiger partial charge < -0.3 is 0 Å². The van der Waals surface area contributed by atoms with Crippen LogP contribution < -0.4 is 0 Å². The van der Waals surface area contributed by atoms with E-state index in [1.54, 1.807) is 0 Å². The van der Waals surface area contributed by atoms with Crippen molar-refractivity contribution in [2.45, 2.75) is 24.7 Å². The first-order valence-electron chi connectivity index (χ1n) is 5.49. The van der Waals surface area contributed by atoms with Gasteiger partial charge in [0.2, 0.25) is 0 Å². The molecule has 0 aromatic carbocycles. The summed E-state index contributed by atoms with van der Waals surface area (Å²) in [5.74, 6) is -15.7. The number of rotatable bonds is 4. The van der Waals surface area contributed by atoms with Crippen LogP contribution in [0.25, 0.3) is 0 Å². The zero-order chi connectivity index (χ0) is 15.9. The molecule has 0 aromatic heterocycles. The summed E-state index contributed by atoms with van der Waals surface area (Å²) >= 11 is 0. The van der Waals surface area contributed by atoms with Crippen LogP contribution in [0.15, 0.2) is 60.3 Å². The molecule has 0 heterocycles. The maximum absolute atomic E-state index is 13.7. The Morgan fingerprint density at radius 1 is 0.900 bits per heavy atom. The molecule has 0 N–H and O–H groups in total. The highest BCUT2D eigenvalue weighted by atomic mass is 19.3. The summed E-state index contributed by atoms with van der Waals surface area (Å²) in [5.41, 5.74) is -4.33. The van der Waals surface area contributed by atoms with Crippen LogP contribution >= 0.6 is 0 Å². The highest BCUT2D eigenvalue weighted by Crippen LogP contribution is 2.62. The smallest absolute Gasteiger partial charge is 0.194 e. The van der Waals surface area contributed by atoms with Crippen molar-refractivity contribution in [1.29, 1.82) is 0 Å². The van der Waals surface area contributed by atoms with Gasteiger partial charge in [0.15, 0.2) is 0 Å². The van der Waals surface area contributed by atoms with E-state index in [1.807, 2.05) is 0 Å². The van der Waals surface area contributed by atoms with E-state index in [-0.39, 0.29) is 0 Å². The first-order valence-corrected chi connectivity index (χ1v) is 5.49. The summed E-state index contributed by atoms with van der Waals surface area (Å²) in [5, 5.41) is 0. The second kappa shape index (κ2) is 4.68.